The van der Waals surface area contributed by atoms with Crippen molar-refractivity contribution in [2.45, 2.75) is 30.9 Å². The van der Waals surface area contributed by atoms with Gasteiger partial charge in [-0.25, -0.2) is 13.5 Å². The summed E-state index contributed by atoms with van der Waals surface area (Å²) >= 11 is 0.976. The van der Waals surface area contributed by atoms with E-state index in [9.17, 15) is 22.6 Å². The highest BCUT2D eigenvalue weighted by Crippen LogP contribution is 2.49. The van der Waals surface area contributed by atoms with Crippen molar-refractivity contribution in [3.05, 3.63) is 35.6 Å². The lowest BCUT2D eigenvalue weighted by Crippen LogP contribution is -2.29. The summed E-state index contributed by atoms with van der Waals surface area (Å²) < 4.78 is 62.3. The van der Waals surface area contributed by atoms with Crippen molar-refractivity contribution >= 4 is 35.5 Å². The van der Waals surface area contributed by atoms with Crippen LogP contribution in [0.25, 0.3) is 11.3 Å². The molecule has 0 aliphatic rings. The number of hydrogen-bond acceptors (Lipinski definition) is 5. The number of furan rings is 1. The zero-order valence-corrected chi connectivity index (χ0v) is 18.2. The molecule has 0 saturated heterocycles. The van der Waals surface area contributed by atoms with Crippen LogP contribution >= 0.6 is 15.9 Å². The number of alkyl halides is 1. The van der Waals surface area contributed by atoms with Gasteiger partial charge < -0.3 is 18.5 Å². The van der Waals surface area contributed by atoms with Gasteiger partial charge in [-0.05, 0) is 38.2 Å². The highest BCUT2D eigenvalue weighted by Gasteiger charge is 2.31. The number of halogens is 3. The fourth-order valence-corrected chi connectivity index (χ4v) is 3.92. The van der Waals surface area contributed by atoms with Gasteiger partial charge in [0.05, 0.1) is 10.4 Å². The first kappa shape index (κ1) is 22.0. The Labute approximate surface area is 167 Å². The van der Waals surface area contributed by atoms with Crippen molar-refractivity contribution in [2.24, 2.45) is 0 Å². The quantitative estimate of drug-likeness (QED) is 0.331. The van der Waals surface area contributed by atoms with Crippen molar-refractivity contribution in [1.82, 2.24) is 4.72 Å². The van der Waals surface area contributed by atoms with Gasteiger partial charge in [0, 0.05) is 23.9 Å². The summed E-state index contributed by atoms with van der Waals surface area (Å²) in [6.07, 6.45) is 0.286. The van der Waals surface area contributed by atoms with Gasteiger partial charge in [0.2, 0.25) is 14.1 Å². The SMILES string of the molecule is C[Si](C)(C)Oc1c(C(Br)CCNS(=O)[O-])oc(-c2ccc(F)cc2F)c1O. The van der Waals surface area contributed by atoms with E-state index in [-0.39, 0.29) is 41.5 Å². The molecule has 2 unspecified atom stereocenters. The fourth-order valence-electron chi connectivity index (χ4n) is 2.29. The summed E-state index contributed by atoms with van der Waals surface area (Å²) in [4.78, 5) is -0.511. The molecule has 2 N–H and O–H groups in total. The maximum atomic E-state index is 14.2. The Balaban J connectivity index is 2.46. The van der Waals surface area contributed by atoms with Crippen LogP contribution in [-0.4, -0.2) is 28.7 Å². The van der Waals surface area contributed by atoms with Crippen LogP contribution in [0.5, 0.6) is 11.5 Å². The number of hydrogen-bond donors (Lipinski definition) is 2. The molecule has 0 bridgehead atoms. The smallest absolute Gasteiger partial charge is 0.242 e. The molecule has 0 fully saturated rings. The second-order valence-electron chi connectivity index (χ2n) is 6.70. The lowest BCUT2D eigenvalue weighted by atomic mass is 10.1. The van der Waals surface area contributed by atoms with Crippen LogP contribution in [0.2, 0.25) is 19.6 Å². The summed E-state index contributed by atoms with van der Waals surface area (Å²) in [5.41, 5.74) is -0.112. The average Bonchev–Trinajstić information content (AvgIpc) is 2.82. The van der Waals surface area contributed by atoms with Gasteiger partial charge in [0.15, 0.2) is 17.3 Å². The third-order valence-corrected chi connectivity index (χ3v) is 5.48. The fraction of sp³-hybridized carbons (Fsp3) is 0.375. The molecule has 27 heavy (non-hydrogen) atoms. The highest BCUT2D eigenvalue weighted by atomic mass is 79.9. The summed E-state index contributed by atoms with van der Waals surface area (Å²) in [5.74, 6) is -1.94. The van der Waals surface area contributed by atoms with Gasteiger partial charge in [-0.3, -0.25) is 4.21 Å². The third kappa shape index (κ3) is 5.85. The monoisotopic (exact) mass is 482 g/mol. The van der Waals surface area contributed by atoms with Crippen LogP contribution in [-0.2, 0) is 11.3 Å². The van der Waals surface area contributed by atoms with Crippen LogP contribution in [0.15, 0.2) is 22.6 Å². The van der Waals surface area contributed by atoms with Crippen molar-refractivity contribution in [1.29, 1.82) is 0 Å². The molecule has 2 rings (SSSR count). The topological polar surface area (TPSA) is 94.8 Å². The largest absolute Gasteiger partial charge is 0.760 e. The second kappa shape index (κ2) is 8.82. The van der Waals surface area contributed by atoms with Gasteiger partial charge >= 0.3 is 0 Å². The average molecular weight is 483 g/mol. The summed E-state index contributed by atoms with van der Waals surface area (Å²) in [5, 5.41) is 10.6. The lowest BCUT2D eigenvalue weighted by molar-refractivity contribution is 0.438. The highest BCUT2D eigenvalue weighted by molar-refractivity contribution is 9.09. The van der Waals surface area contributed by atoms with Gasteiger partial charge in [0.25, 0.3) is 0 Å². The Morgan fingerprint density at radius 1 is 1.41 bits per heavy atom. The first-order valence-corrected chi connectivity index (χ1v) is 13.4. The van der Waals surface area contributed by atoms with Gasteiger partial charge in [-0.1, -0.05) is 15.9 Å². The Hall–Kier alpha value is -1.27. The van der Waals surface area contributed by atoms with Crippen molar-refractivity contribution in [3.8, 4) is 22.8 Å². The maximum Gasteiger partial charge on any atom is 0.242 e. The molecule has 1 aromatic carbocycles. The second-order valence-corrected chi connectivity index (χ2v) is 13.0. The predicted molar refractivity (Wildman–Crippen MR) is 103 cm³/mol. The Kier molecular flexibility index (Phi) is 7.19. The van der Waals surface area contributed by atoms with Gasteiger partial charge in [0.1, 0.15) is 11.6 Å². The number of benzene rings is 1. The molecule has 150 valence electrons. The van der Waals surface area contributed by atoms with Crippen molar-refractivity contribution < 1.29 is 31.5 Å². The van der Waals surface area contributed by atoms with E-state index in [1.165, 1.54) is 0 Å². The van der Waals surface area contributed by atoms with E-state index in [2.05, 4.69) is 20.7 Å². The first-order valence-electron chi connectivity index (χ1n) is 7.96. The Morgan fingerprint density at radius 3 is 2.63 bits per heavy atom. The molecule has 0 saturated carbocycles. The minimum absolute atomic E-state index is 0.0676. The van der Waals surface area contributed by atoms with E-state index < -0.39 is 36.0 Å². The first-order chi connectivity index (χ1) is 12.5. The summed E-state index contributed by atoms with van der Waals surface area (Å²) in [7, 11) is -2.17. The molecule has 1 aromatic heterocycles. The van der Waals surface area contributed by atoms with E-state index in [0.29, 0.717) is 6.07 Å². The van der Waals surface area contributed by atoms with Gasteiger partial charge in [-0.15, -0.1) is 0 Å². The molecule has 0 aliphatic carbocycles. The van der Waals surface area contributed by atoms with Crippen LogP contribution in [0.4, 0.5) is 8.78 Å². The number of nitrogens with one attached hydrogen (secondary N) is 1. The van der Waals surface area contributed by atoms with E-state index in [1.54, 1.807) is 0 Å². The number of rotatable bonds is 8. The Bertz CT molecular complexity index is 843. The molecular weight excluding hydrogens is 464 g/mol. The van der Waals surface area contributed by atoms with Crippen molar-refractivity contribution in [2.75, 3.05) is 6.54 Å². The van der Waals surface area contributed by atoms with Crippen LogP contribution in [0.1, 0.15) is 17.0 Å². The maximum absolute atomic E-state index is 14.2. The van der Waals surface area contributed by atoms with Crippen LogP contribution in [0.3, 0.4) is 0 Å². The molecule has 2 aromatic rings. The van der Waals surface area contributed by atoms with Crippen molar-refractivity contribution in [3.63, 3.8) is 0 Å². The summed E-state index contributed by atoms with van der Waals surface area (Å²) in [6, 6.07) is 2.91. The van der Waals surface area contributed by atoms with Crippen LogP contribution < -0.4 is 9.15 Å². The molecule has 11 heteroatoms. The van der Waals surface area contributed by atoms with E-state index in [4.69, 9.17) is 8.84 Å². The third-order valence-electron chi connectivity index (χ3n) is 3.35. The molecule has 1 heterocycles. The molecule has 0 amide bonds. The molecule has 0 spiro atoms. The lowest BCUT2D eigenvalue weighted by Gasteiger charge is -2.20. The summed E-state index contributed by atoms with van der Waals surface area (Å²) in [6.45, 7) is 5.80. The number of aromatic hydroxyl groups is 1. The van der Waals surface area contributed by atoms with Gasteiger partial charge in [-0.2, -0.15) is 0 Å². The van der Waals surface area contributed by atoms with E-state index >= 15 is 0 Å². The predicted octanol–water partition coefficient (Wildman–Crippen LogP) is 4.35. The zero-order valence-electron chi connectivity index (χ0n) is 14.8. The van der Waals surface area contributed by atoms with E-state index in [1.807, 2.05) is 19.6 Å². The Morgan fingerprint density at radius 2 is 2.07 bits per heavy atom. The minimum Gasteiger partial charge on any atom is -0.760 e. The normalized spacial score (nSPS) is 14.2. The van der Waals surface area contributed by atoms with E-state index in [0.717, 1.165) is 12.1 Å². The molecular formula is C16H19BrF2NO5SSi-. The molecule has 0 aliphatic heterocycles. The molecule has 0 radical (unpaired) electrons. The standard InChI is InChI=1S/C16H20BrF2NO5SSi/c1-27(2,3)25-16-13(21)14(10-5-4-9(18)8-12(10)19)24-15(16)11(17)6-7-20-26(22)23/h4-5,8,11,20-21H,6-7H2,1-3H3,(H,22,23)/p-1. The zero-order chi connectivity index (χ0) is 20.4. The molecule has 6 nitrogen and oxygen atoms in total. The van der Waals surface area contributed by atoms with Crippen LogP contribution in [0, 0.1) is 11.6 Å². The minimum atomic E-state index is -2.40. The molecule has 2 atom stereocenters.